The number of carbonyl (C=O) groups excluding carboxylic acids is 1. The van der Waals surface area contributed by atoms with Gasteiger partial charge in [0.2, 0.25) is 0 Å². The molecule has 0 unspecified atom stereocenters. The number of rotatable bonds is 2. The van der Waals surface area contributed by atoms with Crippen molar-refractivity contribution in [3.63, 3.8) is 0 Å². The van der Waals surface area contributed by atoms with E-state index in [1.54, 1.807) is 13.8 Å². The minimum Gasteiger partial charge on any atom is -0.393 e. The summed E-state index contributed by atoms with van der Waals surface area (Å²) in [7, 11) is 0. The number of carbonyl (C=O) groups is 1. The van der Waals surface area contributed by atoms with Gasteiger partial charge in [-0.25, -0.2) is 0 Å². The molecule has 3 rings (SSSR count). The van der Waals surface area contributed by atoms with Crippen LogP contribution in [0.5, 0.6) is 0 Å². The molecule has 10 heteroatoms. The van der Waals surface area contributed by atoms with Gasteiger partial charge in [-0.1, -0.05) is 0 Å². The van der Waals surface area contributed by atoms with Gasteiger partial charge in [-0.2, -0.15) is 13.2 Å². The van der Waals surface area contributed by atoms with Crippen molar-refractivity contribution in [1.29, 1.82) is 0 Å². The van der Waals surface area contributed by atoms with Crippen LogP contribution in [0.3, 0.4) is 0 Å². The second-order valence-corrected chi connectivity index (χ2v) is 6.04. The number of hydrogen-bond donors (Lipinski definition) is 2. The normalized spacial score (nSPS) is 43.0. The molecule has 3 saturated heterocycles. The minimum absolute atomic E-state index is 0.0623. The van der Waals surface area contributed by atoms with Crippen LogP contribution >= 0.6 is 0 Å². The third-order valence-electron chi connectivity index (χ3n) is 3.96. The van der Waals surface area contributed by atoms with Gasteiger partial charge in [0.25, 0.3) is 0 Å². The molecule has 1 amide bonds. The number of aliphatic hydroxyl groups is 1. The van der Waals surface area contributed by atoms with Gasteiger partial charge in [0, 0.05) is 0 Å². The summed E-state index contributed by atoms with van der Waals surface area (Å²) in [4.78, 5) is 11.2. The van der Waals surface area contributed by atoms with Crippen molar-refractivity contribution in [3.8, 4) is 0 Å². The molecule has 7 nitrogen and oxygen atoms in total. The monoisotopic (exact) mass is 327 g/mol. The number of ether oxygens (including phenoxy) is 4. The van der Waals surface area contributed by atoms with E-state index in [9.17, 15) is 23.1 Å². The van der Waals surface area contributed by atoms with Gasteiger partial charge in [-0.3, -0.25) is 4.79 Å². The molecule has 0 aromatic carbocycles. The Hall–Kier alpha value is -0.940. The van der Waals surface area contributed by atoms with Gasteiger partial charge < -0.3 is 29.4 Å². The first-order valence-corrected chi connectivity index (χ1v) is 6.72. The van der Waals surface area contributed by atoms with Gasteiger partial charge in [0.15, 0.2) is 12.1 Å². The highest BCUT2D eigenvalue weighted by molar-refractivity contribution is 5.82. The van der Waals surface area contributed by atoms with Crippen molar-refractivity contribution in [2.75, 3.05) is 13.2 Å². The summed E-state index contributed by atoms with van der Waals surface area (Å²) in [6.45, 7) is 2.68. The number of aliphatic hydroxyl groups excluding tert-OH is 1. The van der Waals surface area contributed by atoms with Gasteiger partial charge in [-0.05, 0) is 13.8 Å². The Morgan fingerprint density at radius 2 is 2.00 bits per heavy atom. The largest absolute Gasteiger partial charge is 0.471 e. The molecule has 3 aliphatic heterocycles. The first-order valence-electron chi connectivity index (χ1n) is 6.72. The Balaban J connectivity index is 1.87. The van der Waals surface area contributed by atoms with Gasteiger partial charge >= 0.3 is 12.1 Å². The summed E-state index contributed by atoms with van der Waals surface area (Å²) in [5.74, 6) is -3.19. The fourth-order valence-electron chi connectivity index (χ4n) is 3.02. The number of alkyl halides is 3. The Bertz CT molecular complexity index is 484. The van der Waals surface area contributed by atoms with Crippen molar-refractivity contribution < 1.29 is 42.0 Å². The van der Waals surface area contributed by atoms with Crippen molar-refractivity contribution in [1.82, 2.24) is 5.32 Å². The average molecular weight is 327 g/mol. The average Bonchev–Trinajstić information content (AvgIpc) is 2.94. The summed E-state index contributed by atoms with van der Waals surface area (Å²) in [6, 6.07) is -1.19. The first-order chi connectivity index (χ1) is 10.1. The number of hydrogen-bond acceptors (Lipinski definition) is 6. The summed E-state index contributed by atoms with van der Waals surface area (Å²) in [5.41, 5.74) is -1.21. The van der Waals surface area contributed by atoms with Crippen LogP contribution < -0.4 is 5.32 Å². The molecule has 22 heavy (non-hydrogen) atoms. The first kappa shape index (κ1) is 15.9. The number of halogens is 3. The van der Waals surface area contributed by atoms with Crippen LogP contribution in [0, 0.1) is 0 Å². The van der Waals surface area contributed by atoms with Crippen molar-refractivity contribution in [2.24, 2.45) is 0 Å². The van der Waals surface area contributed by atoms with E-state index in [2.05, 4.69) is 0 Å². The molecule has 2 bridgehead atoms. The third kappa shape index (κ3) is 2.38. The Morgan fingerprint density at radius 3 is 2.59 bits per heavy atom. The lowest BCUT2D eigenvalue weighted by Crippen LogP contribution is -2.66. The van der Waals surface area contributed by atoms with Gasteiger partial charge in [-0.15, -0.1) is 0 Å². The van der Waals surface area contributed by atoms with Crippen LogP contribution in [0.1, 0.15) is 13.8 Å². The van der Waals surface area contributed by atoms with Crippen LogP contribution in [0.2, 0.25) is 0 Å². The SMILES string of the molecule is CC1(C)O[C@@H]2[C@@H](NC(=O)C(F)(F)F)[C@H]3OC[C@](CO)(O3)[C@@H]2O1. The molecule has 3 fully saturated rings. The van der Waals surface area contributed by atoms with Crippen molar-refractivity contribution in [3.05, 3.63) is 0 Å². The highest BCUT2D eigenvalue weighted by atomic mass is 19.4. The van der Waals surface area contributed by atoms with E-state index in [-0.39, 0.29) is 6.61 Å². The zero-order chi connectivity index (χ0) is 16.3. The molecule has 5 atom stereocenters. The van der Waals surface area contributed by atoms with Gasteiger partial charge in [0.1, 0.15) is 23.9 Å². The molecular formula is C12H16F3NO6. The maximum atomic E-state index is 12.5. The standard InChI is InChI=1S/C12H16F3NO6/c1-10(2)20-6-5(16-9(18)12(13,14)15)8-19-4-11(3-17,22-8)7(6)21-10/h5-8,17H,3-4H2,1-2H3,(H,16,18)/t5-,6-,7-,8+,11+/m1/s1. The molecule has 126 valence electrons. The fraction of sp³-hybridized carbons (Fsp3) is 0.917. The zero-order valence-corrected chi connectivity index (χ0v) is 11.8. The quantitative estimate of drug-likeness (QED) is 0.722. The number of amides is 1. The fourth-order valence-corrected chi connectivity index (χ4v) is 3.02. The van der Waals surface area contributed by atoms with Crippen LogP contribution in [-0.4, -0.2) is 66.3 Å². The van der Waals surface area contributed by atoms with Crippen molar-refractivity contribution in [2.45, 2.75) is 56.0 Å². The summed E-state index contributed by atoms with van der Waals surface area (Å²) in [5, 5.41) is 11.4. The van der Waals surface area contributed by atoms with E-state index < -0.39 is 54.6 Å². The number of fused-ring (bicyclic) bond motifs is 4. The maximum Gasteiger partial charge on any atom is 0.471 e. The van der Waals surface area contributed by atoms with Crippen LogP contribution in [0.4, 0.5) is 13.2 Å². The van der Waals surface area contributed by atoms with E-state index in [0.717, 1.165) is 0 Å². The molecular weight excluding hydrogens is 311 g/mol. The molecule has 0 aliphatic carbocycles. The second kappa shape index (κ2) is 4.78. The predicted molar refractivity (Wildman–Crippen MR) is 62.5 cm³/mol. The van der Waals surface area contributed by atoms with Crippen molar-refractivity contribution >= 4 is 5.91 Å². The second-order valence-electron chi connectivity index (χ2n) is 6.04. The Labute approximate surface area is 123 Å². The lowest BCUT2D eigenvalue weighted by molar-refractivity contribution is -0.213. The highest BCUT2D eigenvalue weighted by Gasteiger charge is 2.66. The minimum atomic E-state index is -5.03. The molecule has 0 aromatic heterocycles. The molecule has 3 aliphatic rings. The molecule has 3 heterocycles. The van der Waals surface area contributed by atoms with E-state index in [4.69, 9.17) is 18.9 Å². The highest BCUT2D eigenvalue weighted by Crippen LogP contribution is 2.46. The maximum absolute atomic E-state index is 12.5. The Kier molecular flexibility index (Phi) is 3.46. The van der Waals surface area contributed by atoms with Gasteiger partial charge in [0.05, 0.1) is 13.2 Å². The molecule has 0 saturated carbocycles. The smallest absolute Gasteiger partial charge is 0.393 e. The topological polar surface area (TPSA) is 86.3 Å². The lowest BCUT2D eigenvalue weighted by atomic mass is 9.88. The molecule has 0 radical (unpaired) electrons. The van der Waals surface area contributed by atoms with E-state index in [0.29, 0.717) is 0 Å². The molecule has 0 spiro atoms. The van der Waals surface area contributed by atoms with Crippen LogP contribution in [0.15, 0.2) is 0 Å². The summed E-state index contributed by atoms with van der Waals surface area (Å²) >= 11 is 0. The van der Waals surface area contributed by atoms with Crippen LogP contribution in [-0.2, 0) is 23.7 Å². The van der Waals surface area contributed by atoms with E-state index in [1.165, 1.54) is 0 Å². The third-order valence-corrected chi connectivity index (χ3v) is 3.96. The Morgan fingerprint density at radius 1 is 1.32 bits per heavy atom. The zero-order valence-electron chi connectivity index (χ0n) is 11.8. The molecule has 0 aromatic rings. The van der Waals surface area contributed by atoms with Crippen LogP contribution in [0.25, 0.3) is 0 Å². The van der Waals surface area contributed by atoms with E-state index in [1.807, 2.05) is 5.32 Å². The van der Waals surface area contributed by atoms with E-state index >= 15 is 0 Å². The summed E-state index contributed by atoms with van der Waals surface area (Å²) < 4.78 is 59.5. The molecule has 2 N–H and O–H groups in total. The number of nitrogens with one attached hydrogen (secondary N) is 1. The summed E-state index contributed by atoms with van der Waals surface area (Å²) in [6.07, 6.45) is -7.95. The lowest BCUT2D eigenvalue weighted by Gasteiger charge is -2.41. The predicted octanol–water partition coefficient (Wildman–Crippen LogP) is -0.329.